The molecular weight excluding hydrogens is 274 g/mol. The summed E-state index contributed by atoms with van der Waals surface area (Å²) in [6, 6.07) is 2.32. The maximum Gasteiger partial charge on any atom is 0.383 e. The number of hydrogen-bond acceptors (Lipinski definition) is 7. The van der Waals surface area contributed by atoms with Gasteiger partial charge in [0.05, 0.1) is 0 Å². The molecule has 0 bridgehead atoms. The molecule has 10 heteroatoms. The third kappa shape index (κ3) is 2.74. The summed E-state index contributed by atoms with van der Waals surface area (Å²) in [5.41, 5.74) is 10.3. The molecule has 2 heterocycles. The average molecular weight is 283 g/mol. The molecule has 100 valence electrons. The fourth-order valence-electron chi connectivity index (χ4n) is 1.14. The number of carbonyl (C=O) groups is 1. The van der Waals surface area contributed by atoms with Gasteiger partial charge in [-0.2, -0.15) is 4.99 Å². The lowest BCUT2D eigenvalue weighted by Gasteiger charge is -2.04. The van der Waals surface area contributed by atoms with Crippen LogP contribution in [-0.4, -0.2) is 31.9 Å². The highest BCUT2D eigenvalue weighted by Crippen LogP contribution is 2.21. The molecule has 0 saturated carbocycles. The molecule has 0 unspecified atom stereocenters. The second-order valence-electron chi connectivity index (χ2n) is 3.27. The number of nitrogens with two attached hydrogens (primary N) is 2. The highest BCUT2D eigenvalue weighted by atomic mass is 32.1. The maximum absolute atomic E-state index is 11.7. The van der Waals surface area contributed by atoms with Gasteiger partial charge in [-0.05, 0) is 0 Å². The molecule has 0 atom stereocenters. The maximum atomic E-state index is 11.7. The molecule has 2 aromatic heterocycles. The van der Waals surface area contributed by atoms with E-state index < -0.39 is 17.7 Å². The van der Waals surface area contributed by atoms with Gasteiger partial charge in [-0.15, -0.1) is 16.1 Å². The predicted octanol–water partition coefficient (Wildman–Crippen LogP) is -0.470. The van der Waals surface area contributed by atoms with Crippen molar-refractivity contribution in [1.29, 1.82) is 0 Å². The molecule has 0 aliphatic carbocycles. The highest BCUT2D eigenvalue weighted by Gasteiger charge is 2.17. The number of rotatable bonds is 3. The molecule has 0 aliphatic rings. The third-order valence-electron chi connectivity index (χ3n) is 1.90. The molecule has 0 aliphatic heterocycles. The van der Waals surface area contributed by atoms with Gasteiger partial charge in [-0.1, -0.05) is 0 Å². The Morgan fingerprint density at radius 2 is 2.00 bits per heavy atom. The molecule has 0 amide bonds. The highest BCUT2D eigenvalue weighted by molar-refractivity contribution is 7.13. The van der Waals surface area contributed by atoms with Crippen molar-refractivity contribution in [2.24, 2.45) is 16.5 Å². The summed E-state index contributed by atoms with van der Waals surface area (Å²) < 4.78 is 0.557. The van der Waals surface area contributed by atoms with Crippen LogP contribution in [0.2, 0.25) is 0 Å². The van der Waals surface area contributed by atoms with Crippen LogP contribution in [0.3, 0.4) is 0 Å². The van der Waals surface area contributed by atoms with Crippen LogP contribution in [0.5, 0.6) is 11.8 Å². The minimum Gasteiger partial charge on any atom is -0.492 e. The van der Waals surface area contributed by atoms with E-state index in [1.807, 2.05) is 0 Å². The normalized spacial score (nSPS) is 10.1. The number of aromatic hydroxyl groups is 2. The van der Waals surface area contributed by atoms with Gasteiger partial charge in [0, 0.05) is 17.5 Å². The summed E-state index contributed by atoms with van der Waals surface area (Å²) >= 11 is 1.03. The third-order valence-corrected chi connectivity index (χ3v) is 2.63. The summed E-state index contributed by atoms with van der Waals surface area (Å²) in [6.07, 6.45) is 0. The van der Waals surface area contributed by atoms with Crippen molar-refractivity contribution in [2.75, 3.05) is 0 Å². The molecule has 2 aromatic rings. The Bertz CT molecular complexity index is 623. The summed E-state index contributed by atoms with van der Waals surface area (Å²) in [4.78, 5) is 23.9. The van der Waals surface area contributed by atoms with Gasteiger partial charge in [0.2, 0.25) is 16.9 Å². The van der Waals surface area contributed by atoms with Crippen LogP contribution in [0.4, 0.5) is 5.13 Å². The first-order chi connectivity index (χ1) is 8.97. The van der Waals surface area contributed by atoms with Gasteiger partial charge >= 0.3 is 5.97 Å². The summed E-state index contributed by atoms with van der Waals surface area (Å²) in [5, 5.41) is 20.2. The number of guanidine groups is 1. The van der Waals surface area contributed by atoms with E-state index >= 15 is 0 Å². The summed E-state index contributed by atoms with van der Waals surface area (Å²) in [7, 11) is 0. The van der Waals surface area contributed by atoms with Crippen molar-refractivity contribution < 1.29 is 19.8 Å². The van der Waals surface area contributed by atoms with E-state index in [0.29, 0.717) is 4.73 Å². The van der Waals surface area contributed by atoms with E-state index in [1.165, 1.54) is 5.38 Å². The minimum absolute atomic E-state index is 0.0579. The van der Waals surface area contributed by atoms with E-state index in [2.05, 4.69) is 9.98 Å². The van der Waals surface area contributed by atoms with Crippen molar-refractivity contribution in [3.05, 3.63) is 23.2 Å². The Hall–Kier alpha value is -2.75. The van der Waals surface area contributed by atoms with Gasteiger partial charge in [0.1, 0.15) is 0 Å². The second-order valence-corrected chi connectivity index (χ2v) is 4.11. The summed E-state index contributed by atoms with van der Waals surface area (Å²) in [6.45, 7) is 0. The van der Waals surface area contributed by atoms with Crippen molar-refractivity contribution in [3.8, 4) is 11.8 Å². The zero-order valence-corrected chi connectivity index (χ0v) is 10.2. The predicted molar refractivity (Wildman–Crippen MR) is 66.3 cm³/mol. The van der Waals surface area contributed by atoms with Gasteiger partial charge in [0.25, 0.3) is 0 Å². The monoisotopic (exact) mass is 283 g/mol. The molecule has 19 heavy (non-hydrogen) atoms. The number of carbonyl (C=O) groups excluding carboxylic acids is 1. The number of thiazole rings is 1. The Labute approximate surface area is 110 Å². The Balaban J connectivity index is 2.17. The van der Waals surface area contributed by atoms with Crippen molar-refractivity contribution >= 4 is 28.4 Å². The van der Waals surface area contributed by atoms with Crippen molar-refractivity contribution in [1.82, 2.24) is 9.71 Å². The smallest absolute Gasteiger partial charge is 0.383 e. The largest absolute Gasteiger partial charge is 0.492 e. The molecular formula is C9H9N5O4S. The first kappa shape index (κ1) is 12.7. The van der Waals surface area contributed by atoms with Crippen molar-refractivity contribution in [2.45, 2.75) is 0 Å². The first-order valence-corrected chi connectivity index (χ1v) is 5.73. The lowest BCUT2D eigenvalue weighted by molar-refractivity contribution is 0.0376. The van der Waals surface area contributed by atoms with Crippen LogP contribution in [0.25, 0.3) is 0 Å². The molecule has 0 fully saturated rings. The number of nitrogens with zero attached hydrogens (tertiary/aromatic N) is 3. The Morgan fingerprint density at radius 1 is 1.37 bits per heavy atom. The Morgan fingerprint density at radius 3 is 2.58 bits per heavy atom. The molecule has 0 aromatic carbocycles. The Kier molecular flexibility index (Phi) is 3.25. The molecule has 9 nitrogen and oxygen atoms in total. The zero-order chi connectivity index (χ0) is 14.0. The van der Waals surface area contributed by atoms with Gasteiger partial charge in [-0.3, -0.25) is 0 Å². The standard InChI is InChI=1S/C9H9N5O4S/c10-8(11)13-9-12-4(3-19-9)7(17)18-14-5(15)1-2-6(14)16/h1-3,15-16H,(H4,10,11,12,13). The number of aromatic nitrogens is 2. The number of hydrogen-bond donors (Lipinski definition) is 4. The SMILES string of the molecule is NC(N)=Nc1nc(C(=O)On2c(O)ccc2O)cs1. The first-order valence-electron chi connectivity index (χ1n) is 4.85. The van der Waals surface area contributed by atoms with Crippen LogP contribution in [0.15, 0.2) is 22.5 Å². The van der Waals surface area contributed by atoms with Gasteiger partial charge < -0.3 is 26.5 Å². The van der Waals surface area contributed by atoms with Crippen LogP contribution >= 0.6 is 11.3 Å². The molecule has 0 radical (unpaired) electrons. The lowest BCUT2D eigenvalue weighted by Crippen LogP contribution is -2.22. The lowest BCUT2D eigenvalue weighted by atomic mass is 10.5. The molecule has 2 rings (SSSR count). The molecule has 0 saturated heterocycles. The fraction of sp³-hybridized carbons (Fsp3) is 0. The average Bonchev–Trinajstić information content (AvgIpc) is 2.90. The summed E-state index contributed by atoms with van der Waals surface area (Å²) in [5.74, 6) is -1.92. The van der Waals surface area contributed by atoms with E-state index in [9.17, 15) is 15.0 Å². The van der Waals surface area contributed by atoms with E-state index in [1.54, 1.807) is 0 Å². The van der Waals surface area contributed by atoms with E-state index in [4.69, 9.17) is 16.3 Å². The fourth-order valence-corrected chi connectivity index (χ4v) is 1.82. The topological polar surface area (TPSA) is 149 Å². The second kappa shape index (κ2) is 4.86. The van der Waals surface area contributed by atoms with E-state index in [-0.39, 0.29) is 16.8 Å². The molecule has 0 spiro atoms. The zero-order valence-electron chi connectivity index (χ0n) is 9.35. The quantitative estimate of drug-likeness (QED) is 0.439. The van der Waals surface area contributed by atoms with E-state index in [0.717, 1.165) is 23.5 Å². The van der Waals surface area contributed by atoms with Crippen LogP contribution in [0.1, 0.15) is 10.5 Å². The molecule has 6 N–H and O–H groups in total. The van der Waals surface area contributed by atoms with Crippen molar-refractivity contribution in [3.63, 3.8) is 0 Å². The van der Waals surface area contributed by atoms with Gasteiger partial charge in [-0.25, -0.2) is 9.78 Å². The van der Waals surface area contributed by atoms with Crippen LogP contribution in [-0.2, 0) is 0 Å². The van der Waals surface area contributed by atoms with Crippen LogP contribution in [0, 0.1) is 0 Å². The van der Waals surface area contributed by atoms with Crippen LogP contribution < -0.4 is 16.3 Å². The van der Waals surface area contributed by atoms with Gasteiger partial charge in [0.15, 0.2) is 11.7 Å². The number of aliphatic imine (C=N–C) groups is 1. The minimum atomic E-state index is -0.880.